The second kappa shape index (κ2) is 7.52. The van der Waals surface area contributed by atoms with E-state index in [9.17, 15) is 9.59 Å². The van der Waals surface area contributed by atoms with Gasteiger partial charge >= 0.3 is 0 Å². The molecule has 0 unspecified atom stereocenters. The topological polar surface area (TPSA) is 46.6 Å². The minimum Gasteiger partial charge on any atom is -0.496 e. The molecule has 28 heavy (non-hydrogen) atoms. The highest BCUT2D eigenvalue weighted by Crippen LogP contribution is 2.36. The molecule has 0 aliphatic carbocycles. The Kier molecular flexibility index (Phi) is 4.92. The van der Waals surface area contributed by atoms with Crippen molar-refractivity contribution in [2.75, 3.05) is 7.11 Å². The van der Waals surface area contributed by atoms with E-state index >= 15 is 0 Å². The number of hydrogen-bond acceptors (Lipinski definition) is 4. The molecule has 0 bridgehead atoms. The number of fused-ring (bicyclic) bond motifs is 1. The number of benzene rings is 3. The lowest BCUT2D eigenvalue weighted by atomic mass is 10.0. The first-order chi connectivity index (χ1) is 13.6. The lowest BCUT2D eigenvalue weighted by Gasteiger charge is -2.12. The number of ether oxygens (including phenoxy) is 1. The van der Waals surface area contributed by atoms with Gasteiger partial charge in [0.2, 0.25) is 0 Å². The predicted molar refractivity (Wildman–Crippen MR) is 113 cm³/mol. The number of carbonyl (C=O) groups excluding carboxylic acids is 2. The molecule has 1 aliphatic heterocycles. The molecule has 4 rings (SSSR count). The number of aryl methyl sites for hydroxylation is 1. The van der Waals surface area contributed by atoms with Crippen molar-refractivity contribution in [2.24, 2.45) is 0 Å². The zero-order valence-electron chi connectivity index (χ0n) is 15.6. The molecule has 2 amide bonds. The molecule has 1 heterocycles. The maximum Gasteiger partial charge on any atom is 0.293 e. The van der Waals surface area contributed by atoms with Gasteiger partial charge in [-0.3, -0.25) is 14.5 Å². The van der Waals surface area contributed by atoms with Crippen LogP contribution < -0.4 is 4.74 Å². The number of carbonyl (C=O) groups is 2. The maximum atomic E-state index is 12.8. The van der Waals surface area contributed by atoms with Crippen LogP contribution in [0.1, 0.15) is 16.7 Å². The second-order valence-electron chi connectivity index (χ2n) is 6.66. The van der Waals surface area contributed by atoms with Crippen LogP contribution in [0.5, 0.6) is 5.75 Å². The average molecular weight is 389 g/mol. The first-order valence-electron chi connectivity index (χ1n) is 8.93. The zero-order chi connectivity index (χ0) is 19.7. The van der Waals surface area contributed by atoms with Crippen molar-refractivity contribution < 1.29 is 14.3 Å². The largest absolute Gasteiger partial charge is 0.496 e. The fourth-order valence-electron chi connectivity index (χ4n) is 3.25. The quantitative estimate of drug-likeness (QED) is 0.561. The molecule has 3 aromatic carbocycles. The van der Waals surface area contributed by atoms with Gasteiger partial charge in [0.15, 0.2) is 0 Å². The Bertz CT molecular complexity index is 1100. The minimum atomic E-state index is -0.254. The summed E-state index contributed by atoms with van der Waals surface area (Å²) >= 11 is 0.985. The molecule has 4 nitrogen and oxygen atoms in total. The van der Waals surface area contributed by atoms with Crippen molar-refractivity contribution in [3.8, 4) is 5.75 Å². The van der Waals surface area contributed by atoms with Crippen LogP contribution in [-0.4, -0.2) is 23.2 Å². The summed E-state index contributed by atoms with van der Waals surface area (Å²) in [4.78, 5) is 27.0. The second-order valence-corrected chi connectivity index (χ2v) is 7.65. The third-order valence-electron chi connectivity index (χ3n) is 4.76. The van der Waals surface area contributed by atoms with Gasteiger partial charge in [0.05, 0.1) is 18.6 Å². The zero-order valence-corrected chi connectivity index (χ0v) is 16.5. The van der Waals surface area contributed by atoms with Gasteiger partial charge in [-0.2, -0.15) is 0 Å². The van der Waals surface area contributed by atoms with E-state index in [1.54, 1.807) is 13.2 Å². The van der Waals surface area contributed by atoms with E-state index in [1.807, 2.05) is 67.6 Å². The van der Waals surface area contributed by atoms with E-state index < -0.39 is 0 Å². The SMILES string of the molecule is COc1ccc(/C=C2\SC(=O)N(Cc3ccc(C)cc3)C2=O)c2ccccc12. The van der Waals surface area contributed by atoms with Crippen molar-refractivity contribution in [1.82, 2.24) is 4.90 Å². The normalized spacial score (nSPS) is 15.6. The van der Waals surface area contributed by atoms with Gasteiger partial charge < -0.3 is 4.74 Å². The van der Waals surface area contributed by atoms with Crippen LogP contribution in [0.25, 0.3) is 16.8 Å². The van der Waals surface area contributed by atoms with Crippen LogP contribution in [-0.2, 0) is 11.3 Å². The van der Waals surface area contributed by atoms with Crippen LogP contribution in [0, 0.1) is 6.92 Å². The standard InChI is InChI=1S/C23H19NO3S/c1-15-7-9-16(10-8-15)14-24-22(25)21(28-23(24)26)13-17-11-12-20(27-2)19-6-4-3-5-18(17)19/h3-13H,14H2,1-2H3/b21-13-. The fourth-order valence-corrected chi connectivity index (χ4v) is 4.08. The Morgan fingerprint density at radius 3 is 2.39 bits per heavy atom. The van der Waals surface area contributed by atoms with Crippen LogP contribution >= 0.6 is 11.8 Å². The molecule has 0 aromatic heterocycles. The lowest BCUT2D eigenvalue weighted by Crippen LogP contribution is -2.27. The number of thioether (sulfide) groups is 1. The molecule has 0 atom stereocenters. The van der Waals surface area contributed by atoms with E-state index in [-0.39, 0.29) is 17.7 Å². The number of hydrogen-bond donors (Lipinski definition) is 0. The fraction of sp³-hybridized carbons (Fsp3) is 0.130. The molecular formula is C23H19NO3S. The maximum absolute atomic E-state index is 12.8. The lowest BCUT2D eigenvalue weighted by molar-refractivity contribution is -0.123. The number of methoxy groups -OCH3 is 1. The van der Waals surface area contributed by atoms with Gasteiger partial charge in [0.1, 0.15) is 5.75 Å². The Morgan fingerprint density at radius 2 is 1.68 bits per heavy atom. The molecule has 5 heteroatoms. The number of imide groups is 1. The van der Waals surface area contributed by atoms with E-state index in [0.29, 0.717) is 4.91 Å². The van der Waals surface area contributed by atoms with E-state index in [0.717, 1.165) is 45.0 Å². The summed E-state index contributed by atoms with van der Waals surface area (Å²) in [5, 5.41) is 1.71. The smallest absolute Gasteiger partial charge is 0.293 e. The number of amides is 2. The van der Waals surface area contributed by atoms with Crippen molar-refractivity contribution in [2.45, 2.75) is 13.5 Å². The van der Waals surface area contributed by atoms with Crippen LogP contribution in [0.2, 0.25) is 0 Å². The van der Waals surface area contributed by atoms with Crippen LogP contribution in [0.15, 0.2) is 65.6 Å². The summed E-state index contributed by atoms with van der Waals surface area (Å²) in [6.07, 6.45) is 1.79. The molecule has 140 valence electrons. The Labute approximate surface area is 167 Å². The Hall–Kier alpha value is -3.05. The summed E-state index contributed by atoms with van der Waals surface area (Å²) in [7, 11) is 1.64. The molecular weight excluding hydrogens is 370 g/mol. The van der Waals surface area contributed by atoms with Crippen molar-refractivity contribution in [3.63, 3.8) is 0 Å². The highest BCUT2D eigenvalue weighted by Gasteiger charge is 2.35. The van der Waals surface area contributed by atoms with E-state index in [2.05, 4.69) is 0 Å². The van der Waals surface area contributed by atoms with Crippen molar-refractivity contribution >= 4 is 39.8 Å². The van der Waals surface area contributed by atoms with Crippen molar-refractivity contribution in [1.29, 1.82) is 0 Å². The number of rotatable bonds is 4. The summed E-state index contributed by atoms with van der Waals surface area (Å²) in [5.74, 6) is 0.524. The molecule has 0 radical (unpaired) electrons. The van der Waals surface area contributed by atoms with Crippen LogP contribution in [0.4, 0.5) is 4.79 Å². The highest BCUT2D eigenvalue weighted by atomic mass is 32.2. The molecule has 0 saturated carbocycles. The van der Waals surface area contributed by atoms with Gasteiger partial charge in [-0.15, -0.1) is 0 Å². The highest BCUT2D eigenvalue weighted by molar-refractivity contribution is 8.18. The average Bonchev–Trinajstić information content (AvgIpc) is 2.97. The minimum absolute atomic E-state index is 0.241. The van der Waals surface area contributed by atoms with Gasteiger partial charge in [-0.05, 0) is 47.3 Å². The summed E-state index contributed by atoms with van der Waals surface area (Å²) < 4.78 is 5.43. The molecule has 3 aromatic rings. The van der Waals surface area contributed by atoms with Gasteiger partial charge in [-0.1, -0.05) is 60.2 Å². The summed E-state index contributed by atoms with van der Waals surface area (Å²) in [6.45, 7) is 2.29. The molecule has 1 aliphatic rings. The summed E-state index contributed by atoms with van der Waals surface area (Å²) in [5.41, 5.74) is 2.96. The van der Waals surface area contributed by atoms with Gasteiger partial charge in [-0.25, -0.2) is 0 Å². The van der Waals surface area contributed by atoms with Crippen molar-refractivity contribution in [3.05, 3.63) is 82.3 Å². The van der Waals surface area contributed by atoms with Gasteiger partial charge in [0, 0.05) is 5.39 Å². The van der Waals surface area contributed by atoms with E-state index in [1.165, 1.54) is 4.90 Å². The monoisotopic (exact) mass is 389 g/mol. The first kappa shape index (κ1) is 18.3. The van der Waals surface area contributed by atoms with Gasteiger partial charge in [0.25, 0.3) is 11.1 Å². The molecule has 1 fully saturated rings. The molecule has 0 spiro atoms. The van der Waals surface area contributed by atoms with E-state index in [4.69, 9.17) is 4.74 Å². The first-order valence-corrected chi connectivity index (χ1v) is 9.75. The third-order valence-corrected chi connectivity index (χ3v) is 5.67. The molecule has 1 saturated heterocycles. The predicted octanol–water partition coefficient (Wildman–Crippen LogP) is 5.39. The number of nitrogens with zero attached hydrogens (tertiary/aromatic N) is 1. The third kappa shape index (κ3) is 3.41. The Balaban J connectivity index is 1.66. The Morgan fingerprint density at radius 1 is 0.964 bits per heavy atom. The summed E-state index contributed by atoms with van der Waals surface area (Å²) in [6, 6.07) is 19.5. The molecule has 0 N–H and O–H groups in total. The van der Waals surface area contributed by atoms with Crippen LogP contribution in [0.3, 0.4) is 0 Å².